The lowest BCUT2D eigenvalue weighted by molar-refractivity contribution is -0.139. The summed E-state index contributed by atoms with van der Waals surface area (Å²) in [5.41, 5.74) is 1.44. The second-order valence-electron chi connectivity index (χ2n) is 9.63. The molecule has 1 N–H and O–H groups in total. The number of carbonyl (C=O) groups is 2. The van der Waals surface area contributed by atoms with Gasteiger partial charge in [-0.1, -0.05) is 42.8 Å². The predicted molar refractivity (Wildman–Crippen MR) is 158 cm³/mol. The molecular formula is C30H36FN3O4S2. The number of thioether (sulfide) groups is 1. The maximum Gasteiger partial charge on any atom is 0.264 e. The first kappa shape index (κ1) is 31.2. The Morgan fingerprint density at radius 3 is 2.17 bits per heavy atom. The molecule has 214 valence electrons. The Bertz CT molecular complexity index is 1410. The number of hydrogen-bond acceptors (Lipinski definition) is 5. The van der Waals surface area contributed by atoms with Crippen LogP contribution in [0.15, 0.2) is 82.6 Å². The Morgan fingerprint density at radius 1 is 0.975 bits per heavy atom. The molecule has 3 rings (SSSR count). The van der Waals surface area contributed by atoms with E-state index in [0.29, 0.717) is 12.1 Å². The molecule has 3 aromatic rings. The number of amides is 2. The maximum atomic E-state index is 14.6. The van der Waals surface area contributed by atoms with E-state index < -0.39 is 40.2 Å². The first-order chi connectivity index (χ1) is 19.0. The molecule has 0 aliphatic heterocycles. The van der Waals surface area contributed by atoms with E-state index in [2.05, 4.69) is 5.32 Å². The van der Waals surface area contributed by atoms with Gasteiger partial charge in [-0.25, -0.2) is 12.8 Å². The summed E-state index contributed by atoms with van der Waals surface area (Å²) in [4.78, 5) is 29.1. The molecule has 0 radical (unpaired) electrons. The Morgan fingerprint density at radius 2 is 1.60 bits per heavy atom. The fourth-order valence-corrected chi connectivity index (χ4v) is 5.80. The zero-order valence-corrected chi connectivity index (χ0v) is 25.1. The number of halogens is 1. The zero-order chi connectivity index (χ0) is 29.4. The second-order valence-corrected chi connectivity index (χ2v) is 12.4. The molecule has 0 unspecified atom stereocenters. The lowest BCUT2D eigenvalue weighted by atomic mass is 10.1. The van der Waals surface area contributed by atoms with Gasteiger partial charge in [0.05, 0.1) is 10.6 Å². The summed E-state index contributed by atoms with van der Waals surface area (Å²) >= 11 is 1.48. The first-order valence-corrected chi connectivity index (χ1v) is 15.7. The predicted octanol–water partition coefficient (Wildman–Crippen LogP) is 5.38. The summed E-state index contributed by atoms with van der Waals surface area (Å²) in [7, 11) is -4.17. The first-order valence-electron chi connectivity index (χ1n) is 13.0. The van der Waals surface area contributed by atoms with Crippen LogP contribution in [0, 0.1) is 12.7 Å². The lowest BCUT2D eigenvalue weighted by Crippen LogP contribution is -2.52. The number of hydrogen-bond donors (Lipinski definition) is 1. The van der Waals surface area contributed by atoms with Crippen LogP contribution >= 0.6 is 11.8 Å². The largest absolute Gasteiger partial charge is 0.352 e. The van der Waals surface area contributed by atoms with Crippen molar-refractivity contribution in [3.8, 4) is 0 Å². The molecule has 2 amide bonds. The van der Waals surface area contributed by atoms with E-state index in [0.717, 1.165) is 14.8 Å². The number of benzene rings is 3. The van der Waals surface area contributed by atoms with Crippen LogP contribution < -0.4 is 9.62 Å². The maximum absolute atomic E-state index is 14.6. The van der Waals surface area contributed by atoms with Gasteiger partial charge >= 0.3 is 0 Å². The van der Waals surface area contributed by atoms with Crippen molar-refractivity contribution < 1.29 is 22.4 Å². The van der Waals surface area contributed by atoms with Crippen molar-refractivity contribution in [2.45, 2.75) is 62.5 Å². The number of nitrogens with one attached hydrogen (secondary N) is 1. The zero-order valence-electron chi connectivity index (χ0n) is 23.4. The van der Waals surface area contributed by atoms with Gasteiger partial charge in [0, 0.05) is 23.0 Å². The molecular weight excluding hydrogens is 549 g/mol. The summed E-state index contributed by atoms with van der Waals surface area (Å²) in [6.07, 6.45) is 2.58. The number of aryl methyl sites for hydroxylation is 1. The van der Waals surface area contributed by atoms with E-state index in [1.807, 2.05) is 27.0 Å². The van der Waals surface area contributed by atoms with E-state index in [-0.39, 0.29) is 23.0 Å². The van der Waals surface area contributed by atoms with Gasteiger partial charge in [-0.3, -0.25) is 13.9 Å². The molecule has 0 bridgehead atoms. The van der Waals surface area contributed by atoms with E-state index in [1.54, 1.807) is 49.4 Å². The quantitative estimate of drug-likeness (QED) is 0.288. The smallest absolute Gasteiger partial charge is 0.264 e. The van der Waals surface area contributed by atoms with Gasteiger partial charge < -0.3 is 10.2 Å². The Hall–Kier alpha value is -3.37. The molecule has 7 nitrogen and oxygen atoms in total. The van der Waals surface area contributed by atoms with Gasteiger partial charge in [-0.2, -0.15) is 0 Å². The second kappa shape index (κ2) is 13.8. The minimum Gasteiger partial charge on any atom is -0.352 e. The molecule has 0 aliphatic rings. The van der Waals surface area contributed by atoms with Crippen molar-refractivity contribution >= 4 is 39.3 Å². The summed E-state index contributed by atoms with van der Waals surface area (Å²) in [5, 5.41) is 2.86. The Balaban J connectivity index is 2.03. The van der Waals surface area contributed by atoms with Gasteiger partial charge in [0.1, 0.15) is 18.4 Å². The van der Waals surface area contributed by atoms with E-state index in [9.17, 15) is 22.4 Å². The number of rotatable bonds is 12. The summed E-state index contributed by atoms with van der Waals surface area (Å²) in [6, 6.07) is 18.1. The molecule has 40 heavy (non-hydrogen) atoms. The van der Waals surface area contributed by atoms with Crippen molar-refractivity contribution in [2.24, 2.45) is 0 Å². The molecule has 3 aromatic carbocycles. The third kappa shape index (κ3) is 7.63. The highest BCUT2D eigenvalue weighted by atomic mass is 32.2. The van der Waals surface area contributed by atoms with Gasteiger partial charge in [-0.05, 0) is 75.9 Å². The molecule has 0 fully saturated rings. The summed E-state index contributed by atoms with van der Waals surface area (Å²) < 4.78 is 43.4. The molecule has 2 atom stereocenters. The average Bonchev–Trinajstić information content (AvgIpc) is 2.95. The van der Waals surface area contributed by atoms with Gasteiger partial charge in [-0.15, -0.1) is 11.8 Å². The van der Waals surface area contributed by atoms with Crippen LogP contribution in [0.2, 0.25) is 0 Å². The van der Waals surface area contributed by atoms with Crippen molar-refractivity contribution in [1.82, 2.24) is 10.2 Å². The standard InChI is InChI=1S/C30H36FN3O4S2/c1-6-22(3)32-30(36)23(4)33(19-24-9-7-8-10-28(24)31)29(35)20-34(25-13-11-21(2)12-14-25)40(37,38)27-17-15-26(39-5)16-18-27/h7-18,22-23H,6,19-20H2,1-5H3,(H,32,36)/t22-,23+/m1/s1. The third-order valence-corrected chi connectivity index (χ3v) is 9.25. The van der Waals surface area contributed by atoms with Crippen molar-refractivity contribution in [3.05, 3.63) is 89.7 Å². The summed E-state index contributed by atoms with van der Waals surface area (Å²) in [5.74, 6) is -1.57. The number of nitrogens with zero attached hydrogens (tertiary/aromatic N) is 2. The fraction of sp³-hybridized carbons (Fsp3) is 0.333. The van der Waals surface area contributed by atoms with Crippen LogP contribution in [0.25, 0.3) is 0 Å². The third-order valence-electron chi connectivity index (χ3n) is 6.72. The van der Waals surface area contributed by atoms with Crippen LogP contribution in [0.5, 0.6) is 0 Å². The van der Waals surface area contributed by atoms with Crippen LogP contribution in [0.1, 0.15) is 38.3 Å². The monoisotopic (exact) mass is 585 g/mol. The molecule has 0 spiro atoms. The van der Waals surface area contributed by atoms with Crippen LogP contribution in [-0.4, -0.2) is 50.0 Å². The van der Waals surface area contributed by atoms with Crippen molar-refractivity contribution in [2.75, 3.05) is 17.1 Å². The molecule has 0 aromatic heterocycles. The van der Waals surface area contributed by atoms with Crippen molar-refractivity contribution in [1.29, 1.82) is 0 Å². The molecule has 0 heterocycles. The minimum absolute atomic E-state index is 0.0295. The molecule has 0 saturated carbocycles. The van der Waals surface area contributed by atoms with Crippen LogP contribution in [-0.2, 0) is 26.2 Å². The Kier molecular flexibility index (Phi) is 10.8. The van der Waals surface area contributed by atoms with Gasteiger partial charge in [0.2, 0.25) is 11.8 Å². The van der Waals surface area contributed by atoms with E-state index >= 15 is 0 Å². The van der Waals surface area contributed by atoms with E-state index in [4.69, 9.17) is 0 Å². The fourth-order valence-electron chi connectivity index (χ4n) is 3.97. The van der Waals surface area contributed by atoms with Gasteiger partial charge in [0.25, 0.3) is 10.0 Å². The van der Waals surface area contributed by atoms with Crippen LogP contribution in [0.3, 0.4) is 0 Å². The van der Waals surface area contributed by atoms with Gasteiger partial charge in [0.15, 0.2) is 0 Å². The topological polar surface area (TPSA) is 86.8 Å². The number of sulfonamides is 1. The SMILES string of the molecule is CC[C@@H](C)NC(=O)[C@H](C)N(Cc1ccccc1F)C(=O)CN(c1ccc(C)cc1)S(=O)(=O)c1ccc(SC)cc1. The number of carbonyl (C=O) groups excluding carboxylic acids is 2. The normalized spacial score (nSPS) is 12.8. The number of anilines is 1. The van der Waals surface area contributed by atoms with Crippen LogP contribution in [0.4, 0.5) is 10.1 Å². The van der Waals surface area contributed by atoms with Crippen molar-refractivity contribution in [3.63, 3.8) is 0 Å². The highest BCUT2D eigenvalue weighted by molar-refractivity contribution is 7.98. The van der Waals surface area contributed by atoms with E-state index in [1.165, 1.54) is 47.0 Å². The Labute approximate surface area is 240 Å². The molecule has 0 saturated heterocycles. The lowest BCUT2D eigenvalue weighted by Gasteiger charge is -2.32. The molecule has 0 aliphatic carbocycles. The minimum atomic E-state index is -4.17. The average molecular weight is 586 g/mol. The summed E-state index contributed by atoms with van der Waals surface area (Å²) in [6.45, 7) is 6.43. The highest BCUT2D eigenvalue weighted by Crippen LogP contribution is 2.26. The molecule has 10 heteroatoms. The highest BCUT2D eigenvalue weighted by Gasteiger charge is 2.33.